The summed E-state index contributed by atoms with van der Waals surface area (Å²) >= 11 is 0. The third-order valence-electron chi connectivity index (χ3n) is 3.84. The van der Waals surface area contributed by atoms with E-state index in [1.165, 1.54) is 11.1 Å². The Balaban J connectivity index is 1.84. The maximum atomic E-state index is 12.3. The van der Waals surface area contributed by atoms with Gasteiger partial charge in [-0.3, -0.25) is 9.48 Å². The molecule has 0 radical (unpaired) electrons. The monoisotopic (exact) mass is 255 g/mol. The van der Waals surface area contributed by atoms with Crippen molar-refractivity contribution in [2.75, 3.05) is 0 Å². The zero-order valence-corrected chi connectivity index (χ0v) is 11.1. The highest BCUT2D eigenvalue weighted by atomic mass is 16.2. The first-order valence-electron chi connectivity index (χ1n) is 6.53. The van der Waals surface area contributed by atoms with Crippen molar-refractivity contribution in [2.24, 2.45) is 13.0 Å². The summed E-state index contributed by atoms with van der Waals surface area (Å²) in [6, 6.07) is 10.2. The molecule has 0 unspecified atom stereocenters. The van der Waals surface area contributed by atoms with Crippen LogP contribution in [0.15, 0.2) is 36.5 Å². The molecule has 2 atom stereocenters. The summed E-state index contributed by atoms with van der Waals surface area (Å²) in [5, 5.41) is 7.16. The Hall–Kier alpha value is -2.10. The maximum absolute atomic E-state index is 12.3. The molecule has 3 rings (SSSR count). The maximum Gasteiger partial charge on any atom is 0.270 e. The fourth-order valence-corrected chi connectivity index (χ4v) is 2.83. The van der Waals surface area contributed by atoms with Crippen molar-refractivity contribution >= 4 is 5.91 Å². The van der Waals surface area contributed by atoms with Crippen molar-refractivity contribution in [3.05, 3.63) is 53.3 Å². The van der Waals surface area contributed by atoms with Crippen LogP contribution in [0.3, 0.4) is 0 Å². The van der Waals surface area contributed by atoms with Crippen LogP contribution in [0.5, 0.6) is 0 Å². The minimum atomic E-state index is -0.0615. The quantitative estimate of drug-likeness (QED) is 0.893. The third kappa shape index (κ3) is 2.03. The molecule has 1 aromatic heterocycles. The van der Waals surface area contributed by atoms with Crippen LogP contribution in [-0.2, 0) is 13.5 Å². The number of nitrogens with one attached hydrogen (secondary N) is 1. The van der Waals surface area contributed by atoms with E-state index in [1.54, 1.807) is 24.0 Å². The molecular formula is C15H17N3O. The lowest BCUT2D eigenvalue weighted by molar-refractivity contribution is 0.0917. The Morgan fingerprint density at radius 3 is 2.89 bits per heavy atom. The van der Waals surface area contributed by atoms with Gasteiger partial charge in [0.15, 0.2) is 0 Å². The molecule has 4 heteroatoms. The van der Waals surface area contributed by atoms with Gasteiger partial charge in [0.05, 0.1) is 6.04 Å². The molecule has 1 N–H and O–H groups in total. The van der Waals surface area contributed by atoms with Crippen LogP contribution >= 0.6 is 0 Å². The number of fused-ring (bicyclic) bond motifs is 1. The SMILES string of the molecule is C[C@H]1Cc2ccccc2[C@@H]1NC(=O)c1ccnn1C. The Morgan fingerprint density at radius 1 is 1.37 bits per heavy atom. The van der Waals surface area contributed by atoms with E-state index >= 15 is 0 Å². The van der Waals surface area contributed by atoms with Crippen LogP contribution < -0.4 is 5.32 Å². The Morgan fingerprint density at radius 2 is 2.16 bits per heavy atom. The summed E-state index contributed by atoms with van der Waals surface area (Å²) in [5.41, 5.74) is 3.17. The number of carbonyl (C=O) groups excluding carboxylic acids is 1. The van der Waals surface area contributed by atoms with E-state index in [1.807, 2.05) is 6.07 Å². The van der Waals surface area contributed by atoms with Crippen LogP contribution in [0.25, 0.3) is 0 Å². The molecule has 98 valence electrons. The summed E-state index contributed by atoms with van der Waals surface area (Å²) in [7, 11) is 1.78. The predicted octanol–water partition coefficient (Wildman–Crippen LogP) is 2.08. The van der Waals surface area contributed by atoms with Crippen molar-refractivity contribution in [1.82, 2.24) is 15.1 Å². The minimum Gasteiger partial charge on any atom is -0.344 e. The molecule has 1 heterocycles. The summed E-state index contributed by atoms with van der Waals surface area (Å²) in [6.45, 7) is 2.17. The van der Waals surface area contributed by atoms with Gasteiger partial charge in [-0.05, 0) is 29.5 Å². The van der Waals surface area contributed by atoms with Crippen molar-refractivity contribution in [2.45, 2.75) is 19.4 Å². The molecule has 0 fully saturated rings. The molecule has 1 aromatic carbocycles. The molecule has 4 nitrogen and oxygen atoms in total. The second-order valence-corrected chi connectivity index (χ2v) is 5.17. The van der Waals surface area contributed by atoms with Gasteiger partial charge < -0.3 is 5.32 Å². The van der Waals surface area contributed by atoms with Gasteiger partial charge >= 0.3 is 0 Å². The van der Waals surface area contributed by atoms with E-state index in [0.717, 1.165) is 6.42 Å². The van der Waals surface area contributed by atoms with E-state index in [9.17, 15) is 4.79 Å². The topological polar surface area (TPSA) is 46.9 Å². The number of hydrogen-bond donors (Lipinski definition) is 1. The first-order valence-corrected chi connectivity index (χ1v) is 6.53. The van der Waals surface area contributed by atoms with Crippen LogP contribution in [0.2, 0.25) is 0 Å². The number of hydrogen-bond acceptors (Lipinski definition) is 2. The Kier molecular flexibility index (Phi) is 2.85. The van der Waals surface area contributed by atoms with Gasteiger partial charge in [-0.1, -0.05) is 31.2 Å². The van der Waals surface area contributed by atoms with Crippen LogP contribution in [0.1, 0.15) is 34.6 Å². The summed E-state index contributed by atoms with van der Waals surface area (Å²) < 4.78 is 1.60. The molecule has 1 aliphatic rings. The lowest BCUT2D eigenvalue weighted by Crippen LogP contribution is -2.31. The largest absolute Gasteiger partial charge is 0.344 e. The van der Waals surface area contributed by atoms with Crippen LogP contribution in [-0.4, -0.2) is 15.7 Å². The summed E-state index contributed by atoms with van der Waals surface area (Å²) in [4.78, 5) is 12.3. The number of aromatic nitrogens is 2. The Labute approximate surface area is 112 Å². The summed E-state index contributed by atoms with van der Waals surface area (Å²) in [6.07, 6.45) is 2.66. The fourth-order valence-electron chi connectivity index (χ4n) is 2.83. The van der Waals surface area contributed by atoms with Gasteiger partial charge in [0.1, 0.15) is 5.69 Å². The van der Waals surface area contributed by atoms with Crippen LogP contribution in [0.4, 0.5) is 0 Å². The number of nitrogens with zero attached hydrogens (tertiary/aromatic N) is 2. The van der Waals surface area contributed by atoms with Gasteiger partial charge in [0.25, 0.3) is 5.91 Å². The van der Waals surface area contributed by atoms with Crippen molar-refractivity contribution in [3.8, 4) is 0 Å². The average molecular weight is 255 g/mol. The van der Waals surface area contributed by atoms with E-state index in [2.05, 4.69) is 35.5 Å². The van der Waals surface area contributed by atoms with Crippen molar-refractivity contribution in [1.29, 1.82) is 0 Å². The fraction of sp³-hybridized carbons (Fsp3) is 0.333. The number of aryl methyl sites for hydroxylation is 1. The first kappa shape index (κ1) is 12.0. The molecular weight excluding hydrogens is 238 g/mol. The molecule has 19 heavy (non-hydrogen) atoms. The minimum absolute atomic E-state index is 0.0615. The van der Waals surface area contributed by atoms with Gasteiger partial charge in [-0.25, -0.2) is 0 Å². The number of rotatable bonds is 2. The van der Waals surface area contributed by atoms with E-state index in [4.69, 9.17) is 0 Å². The Bertz CT molecular complexity index is 617. The lowest BCUT2D eigenvalue weighted by atomic mass is 10.0. The second kappa shape index (κ2) is 4.53. The molecule has 1 amide bonds. The first-order chi connectivity index (χ1) is 9.16. The number of benzene rings is 1. The molecule has 0 spiro atoms. The van der Waals surface area contributed by atoms with Crippen LogP contribution in [0, 0.1) is 5.92 Å². The lowest BCUT2D eigenvalue weighted by Gasteiger charge is -2.18. The highest BCUT2D eigenvalue weighted by molar-refractivity contribution is 5.92. The van der Waals surface area contributed by atoms with Gasteiger partial charge in [0.2, 0.25) is 0 Å². The number of carbonyl (C=O) groups is 1. The van der Waals surface area contributed by atoms with E-state index in [-0.39, 0.29) is 11.9 Å². The van der Waals surface area contributed by atoms with E-state index < -0.39 is 0 Å². The van der Waals surface area contributed by atoms with Gasteiger partial charge in [-0.2, -0.15) is 5.10 Å². The zero-order chi connectivity index (χ0) is 13.4. The highest BCUT2D eigenvalue weighted by Gasteiger charge is 2.30. The number of amides is 1. The van der Waals surface area contributed by atoms with Crippen molar-refractivity contribution in [3.63, 3.8) is 0 Å². The normalized spacial score (nSPS) is 21.2. The second-order valence-electron chi connectivity index (χ2n) is 5.17. The molecule has 0 saturated heterocycles. The van der Waals surface area contributed by atoms with Gasteiger partial charge in [0, 0.05) is 13.2 Å². The third-order valence-corrected chi connectivity index (χ3v) is 3.84. The zero-order valence-electron chi connectivity index (χ0n) is 11.1. The van der Waals surface area contributed by atoms with E-state index in [0.29, 0.717) is 11.6 Å². The van der Waals surface area contributed by atoms with Crippen molar-refractivity contribution < 1.29 is 4.79 Å². The molecule has 2 aromatic rings. The average Bonchev–Trinajstić information content (AvgIpc) is 2.94. The molecule has 0 saturated carbocycles. The predicted molar refractivity (Wildman–Crippen MR) is 72.7 cm³/mol. The standard InChI is InChI=1S/C15H17N3O/c1-10-9-11-5-3-4-6-12(11)14(10)17-15(19)13-7-8-16-18(13)2/h3-8,10,14H,9H2,1-2H3,(H,17,19)/t10-,14+/m0/s1. The molecule has 0 aliphatic heterocycles. The van der Waals surface area contributed by atoms with Gasteiger partial charge in [-0.15, -0.1) is 0 Å². The molecule has 1 aliphatic carbocycles. The molecule has 0 bridgehead atoms. The highest BCUT2D eigenvalue weighted by Crippen LogP contribution is 2.35. The summed E-state index contributed by atoms with van der Waals surface area (Å²) in [5.74, 6) is 0.364. The smallest absolute Gasteiger partial charge is 0.270 e.